The van der Waals surface area contributed by atoms with Crippen molar-refractivity contribution in [3.8, 4) is 11.5 Å². The topological polar surface area (TPSA) is 72.3 Å². The Balaban J connectivity index is 2.06. The molecule has 0 bridgehead atoms. The van der Waals surface area contributed by atoms with Gasteiger partial charge in [-0.2, -0.15) is 5.10 Å². The standard InChI is InChI=1S/C12H14N6/c1-8(2)6-18-10(3-4-15-18)12-16-9-5-13-7-14-11(9)17-12/h3-5,7-8H,6H2,1-2H3,(H,13,14,16,17). The van der Waals surface area contributed by atoms with Gasteiger partial charge in [-0.05, 0) is 12.0 Å². The Labute approximate surface area is 104 Å². The van der Waals surface area contributed by atoms with Crippen LogP contribution in [-0.2, 0) is 6.54 Å². The minimum absolute atomic E-state index is 0.535. The third-order valence-electron chi connectivity index (χ3n) is 2.66. The van der Waals surface area contributed by atoms with Gasteiger partial charge in [-0.25, -0.2) is 15.0 Å². The second-order valence-electron chi connectivity index (χ2n) is 4.64. The van der Waals surface area contributed by atoms with E-state index in [-0.39, 0.29) is 0 Å². The number of hydrogen-bond acceptors (Lipinski definition) is 4. The summed E-state index contributed by atoms with van der Waals surface area (Å²) >= 11 is 0. The summed E-state index contributed by atoms with van der Waals surface area (Å²) in [6.45, 7) is 5.19. The molecule has 0 aliphatic heterocycles. The smallest absolute Gasteiger partial charge is 0.181 e. The third kappa shape index (κ3) is 1.85. The number of aromatic nitrogens is 6. The van der Waals surface area contributed by atoms with Crippen molar-refractivity contribution in [2.24, 2.45) is 5.92 Å². The zero-order valence-electron chi connectivity index (χ0n) is 10.3. The normalized spacial score (nSPS) is 11.5. The van der Waals surface area contributed by atoms with Crippen LogP contribution in [0.25, 0.3) is 22.7 Å². The van der Waals surface area contributed by atoms with Crippen molar-refractivity contribution in [3.63, 3.8) is 0 Å². The summed E-state index contributed by atoms with van der Waals surface area (Å²) in [5, 5.41) is 4.32. The maximum absolute atomic E-state index is 4.46. The number of nitrogens with one attached hydrogen (secondary N) is 1. The van der Waals surface area contributed by atoms with Gasteiger partial charge in [-0.3, -0.25) is 4.68 Å². The Morgan fingerprint density at radius 1 is 1.39 bits per heavy atom. The molecule has 0 spiro atoms. The van der Waals surface area contributed by atoms with Crippen LogP contribution in [0.1, 0.15) is 13.8 Å². The van der Waals surface area contributed by atoms with Crippen LogP contribution in [-0.4, -0.2) is 29.7 Å². The first-order valence-corrected chi connectivity index (χ1v) is 5.92. The van der Waals surface area contributed by atoms with Crippen molar-refractivity contribution in [1.29, 1.82) is 0 Å². The van der Waals surface area contributed by atoms with Gasteiger partial charge in [0.15, 0.2) is 11.5 Å². The summed E-state index contributed by atoms with van der Waals surface area (Å²) in [5.41, 5.74) is 2.49. The molecule has 0 saturated heterocycles. The van der Waals surface area contributed by atoms with Gasteiger partial charge in [-0.1, -0.05) is 13.8 Å². The summed E-state index contributed by atoms with van der Waals surface area (Å²) in [6, 6.07) is 1.95. The Morgan fingerprint density at radius 3 is 3.06 bits per heavy atom. The Hall–Kier alpha value is -2.24. The maximum atomic E-state index is 4.46. The first kappa shape index (κ1) is 10.9. The number of fused-ring (bicyclic) bond motifs is 1. The van der Waals surface area contributed by atoms with Crippen LogP contribution >= 0.6 is 0 Å². The SMILES string of the molecule is CC(C)Cn1nccc1-c1nc2ncncc2[nH]1. The molecule has 0 saturated carbocycles. The van der Waals surface area contributed by atoms with Crippen LogP contribution in [0.15, 0.2) is 24.8 Å². The van der Waals surface area contributed by atoms with Crippen LogP contribution in [0.4, 0.5) is 0 Å². The second-order valence-corrected chi connectivity index (χ2v) is 4.64. The largest absolute Gasteiger partial charge is 0.334 e. The number of nitrogens with zero attached hydrogens (tertiary/aromatic N) is 5. The molecule has 0 aromatic carbocycles. The minimum atomic E-state index is 0.535. The average molecular weight is 242 g/mol. The molecule has 3 heterocycles. The number of rotatable bonds is 3. The molecule has 6 heteroatoms. The summed E-state index contributed by atoms with van der Waals surface area (Å²) in [7, 11) is 0. The van der Waals surface area contributed by atoms with Crippen LogP contribution in [0.5, 0.6) is 0 Å². The quantitative estimate of drug-likeness (QED) is 0.761. The molecule has 3 aromatic heterocycles. The predicted molar refractivity (Wildman–Crippen MR) is 67.7 cm³/mol. The molecule has 92 valence electrons. The van der Waals surface area contributed by atoms with E-state index >= 15 is 0 Å². The molecule has 18 heavy (non-hydrogen) atoms. The highest BCUT2D eigenvalue weighted by Gasteiger charge is 2.11. The maximum Gasteiger partial charge on any atom is 0.181 e. The summed E-state index contributed by atoms with van der Waals surface area (Å²) in [4.78, 5) is 15.8. The van der Waals surface area contributed by atoms with E-state index in [1.807, 2.05) is 10.7 Å². The number of H-pyrrole nitrogens is 1. The Bertz CT molecular complexity index is 633. The zero-order chi connectivity index (χ0) is 12.5. The first-order valence-electron chi connectivity index (χ1n) is 5.92. The fourth-order valence-corrected chi connectivity index (χ4v) is 1.91. The number of imidazole rings is 1. The lowest BCUT2D eigenvalue weighted by molar-refractivity contribution is 0.486. The molecule has 0 unspecified atom stereocenters. The third-order valence-corrected chi connectivity index (χ3v) is 2.66. The molecular formula is C12H14N6. The molecule has 6 nitrogen and oxygen atoms in total. The van der Waals surface area contributed by atoms with Crippen molar-refractivity contribution in [3.05, 3.63) is 24.8 Å². The van der Waals surface area contributed by atoms with Gasteiger partial charge in [0.05, 0.1) is 6.20 Å². The van der Waals surface area contributed by atoms with E-state index in [1.54, 1.807) is 12.4 Å². The summed E-state index contributed by atoms with van der Waals surface area (Å²) in [6.07, 6.45) is 5.01. The van der Waals surface area contributed by atoms with E-state index in [9.17, 15) is 0 Å². The molecule has 0 atom stereocenters. The Kier molecular flexibility index (Phi) is 2.55. The first-order chi connectivity index (χ1) is 8.74. The fraction of sp³-hybridized carbons (Fsp3) is 0.333. The van der Waals surface area contributed by atoms with Gasteiger partial charge in [0.1, 0.15) is 17.5 Å². The van der Waals surface area contributed by atoms with Gasteiger partial charge >= 0.3 is 0 Å². The Morgan fingerprint density at radius 2 is 2.28 bits per heavy atom. The van der Waals surface area contributed by atoms with Gasteiger partial charge in [0, 0.05) is 12.7 Å². The van der Waals surface area contributed by atoms with Crippen LogP contribution in [0.3, 0.4) is 0 Å². The van der Waals surface area contributed by atoms with Crippen LogP contribution in [0, 0.1) is 5.92 Å². The minimum Gasteiger partial charge on any atom is -0.334 e. The van der Waals surface area contributed by atoms with Gasteiger partial charge in [0.25, 0.3) is 0 Å². The molecule has 3 rings (SSSR count). The lowest BCUT2D eigenvalue weighted by Crippen LogP contribution is -2.07. The molecule has 0 aliphatic rings. The number of hydrogen-bond donors (Lipinski definition) is 1. The molecule has 1 N–H and O–H groups in total. The van der Waals surface area contributed by atoms with E-state index in [4.69, 9.17) is 0 Å². The lowest BCUT2D eigenvalue weighted by Gasteiger charge is -2.07. The highest BCUT2D eigenvalue weighted by molar-refractivity contribution is 5.73. The molecule has 0 radical (unpaired) electrons. The van der Waals surface area contributed by atoms with Crippen molar-refractivity contribution in [2.45, 2.75) is 20.4 Å². The second kappa shape index (κ2) is 4.21. The monoisotopic (exact) mass is 242 g/mol. The highest BCUT2D eigenvalue weighted by atomic mass is 15.3. The van der Waals surface area contributed by atoms with Crippen molar-refractivity contribution >= 4 is 11.2 Å². The van der Waals surface area contributed by atoms with E-state index in [0.717, 1.165) is 23.6 Å². The molecule has 0 aliphatic carbocycles. The van der Waals surface area contributed by atoms with E-state index in [1.165, 1.54) is 6.33 Å². The van der Waals surface area contributed by atoms with Gasteiger partial charge in [0.2, 0.25) is 0 Å². The molecular weight excluding hydrogens is 228 g/mol. The number of aromatic amines is 1. The average Bonchev–Trinajstić information content (AvgIpc) is 2.93. The lowest BCUT2D eigenvalue weighted by atomic mass is 10.2. The van der Waals surface area contributed by atoms with Gasteiger partial charge in [-0.15, -0.1) is 0 Å². The predicted octanol–water partition coefficient (Wildman–Crippen LogP) is 1.87. The van der Waals surface area contributed by atoms with Crippen molar-refractivity contribution in [2.75, 3.05) is 0 Å². The summed E-state index contributed by atoms with van der Waals surface area (Å²) < 4.78 is 1.95. The zero-order valence-corrected chi connectivity index (χ0v) is 10.3. The molecule has 0 amide bonds. The van der Waals surface area contributed by atoms with E-state index in [0.29, 0.717) is 11.6 Å². The van der Waals surface area contributed by atoms with Crippen molar-refractivity contribution in [1.82, 2.24) is 29.7 Å². The molecule has 0 fully saturated rings. The van der Waals surface area contributed by atoms with E-state index in [2.05, 4.69) is 38.9 Å². The van der Waals surface area contributed by atoms with Gasteiger partial charge < -0.3 is 4.98 Å². The molecule has 3 aromatic rings. The highest BCUT2D eigenvalue weighted by Crippen LogP contribution is 2.19. The van der Waals surface area contributed by atoms with Crippen LogP contribution < -0.4 is 0 Å². The van der Waals surface area contributed by atoms with Crippen LogP contribution in [0.2, 0.25) is 0 Å². The van der Waals surface area contributed by atoms with E-state index < -0.39 is 0 Å². The van der Waals surface area contributed by atoms with Crippen molar-refractivity contribution < 1.29 is 0 Å². The summed E-state index contributed by atoms with van der Waals surface area (Å²) in [5.74, 6) is 1.32. The fourth-order valence-electron chi connectivity index (χ4n) is 1.91.